The van der Waals surface area contributed by atoms with Gasteiger partial charge in [-0.05, 0) is 13.3 Å². The van der Waals surface area contributed by atoms with Gasteiger partial charge in [0.2, 0.25) is 0 Å². The maximum Gasteiger partial charge on any atom is 0.316 e. The summed E-state index contributed by atoms with van der Waals surface area (Å²) < 4.78 is 10.2. The van der Waals surface area contributed by atoms with Crippen molar-refractivity contribution < 1.29 is 14.3 Å². The number of aromatic nitrogens is 2. The van der Waals surface area contributed by atoms with Gasteiger partial charge in [-0.25, -0.2) is 9.97 Å². The van der Waals surface area contributed by atoms with Crippen molar-refractivity contribution in [1.82, 2.24) is 9.97 Å². The summed E-state index contributed by atoms with van der Waals surface area (Å²) in [5, 5.41) is 3.79. The van der Waals surface area contributed by atoms with Crippen LogP contribution in [0.2, 0.25) is 0 Å². The summed E-state index contributed by atoms with van der Waals surface area (Å²) in [7, 11) is 1.56. The van der Waals surface area contributed by atoms with Crippen molar-refractivity contribution >= 4 is 23.5 Å². The highest BCUT2D eigenvalue weighted by Gasteiger charge is 2.14. The Labute approximate surface area is 117 Å². The summed E-state index contributed by atoms with van der Waals surface area (Å²) in [5.74, 6) is 1.14. The molecule has 0 saturated carbocycles. The third-order valence-electron chi connectivity index (χ3n) is 2.15. The lowest BCUT2D eigenvalue weighted by Gasteiger charge is -2.12. The van der Waals surface area contributed by atoms with Gasteiger partial charge in [0.05, 0.1) is 19.5 Å². The molecule has 0 saturated heterocycles. The molecule has 0 aliphatic heterocycles. The third-order valence-corrected chi connectivity index (χ3v) is 3.09. The minimum absolute atomic E-state index is 0.203. The van der Waals surface area contributed by atoms with Crippen LogP contribution in [-0.2, 0) is 9.53 Å². The molecule has 106 valence electrons. The van der Waals surface area contributed by atoms with Gasteiger partial charge < -0.3 is 14.8 Å². The van der Waals surface area contributed by atoms with Crippen LogP contribution in [0.4, 0.5) is 5.82 Å². The van der Waals surface area contributed by atoms with Gasteiger partial charge in [0.15, 0.2) is 11.6 Å². The fraction of sp³-hybridized carbons (Fsp3) is 0.583. The average molecular weight is 285 g/mol. The Balaban J connectivity index is 2.73. The number of carbonyl (C=O) groups excluding carboxylic acids is 1. The molecule has 7 heteroatoms. The molecule has 0 aliphatic carbocycles. The Kier molecular flexibility index (Phi) is 7.02. The first-order chi connectivity index (χ1) is 9.22. The minimum Gasteiger partial charge on any atom is -0.490 e. The number of carbonyl (C=O) groups is 1. The van der Waals surface area contributed by atoms with E-state index in [1.165, 1.54) is 18.1 Å². The Hall–Kier alpha value is -1.50. The maximum atomic E-state index is 11.3. The first kappa shape index (κ1) is 15.6. The highest BCUT2D eigenvalue weighted by atomic mass is 32.2. The summed E-state index contributed by atoms with van der Waals surface area (Å²) in [6.07, 6.45) is 2.44. The molecule has 6 nitrogen and oxygen atoms in total. The van der Waals surface area contributed by atoms with Crippen LogP contribution in [0.5, 0.6) is 5.75 Å². The van der Waals surface area contributed by atoms with Crippen molar-refractivity contribution in [1.29, 1.82) is 0 Å². The number of anilines is 1. The summed E-state index contributed by atoms with van der Waals surface area (Å²) >= 11 is 1.28. The molecule has 19 heavy (non-hydrogen) atoms. The lowest BCUT2D eigenvalue weighted by atomic mass is 10.4. The Morgan fingerprint density at radius 2 is 2.21 bits per heavy atom. The van der Waals surface area contributed by atoms with E-state index in [-0.39, 0.29) is 11.7 Å². The molecule has 0 fully saturated rings. The molecule has 1 aromatic heterocycles. The number of rotatable bonds is 8. The molecular weight excluding hydrogens is 266 g/mol. The number of methoxy groups -OCH3 is 1. The predicted molar refractivity (Wildman–Crippen MR) is 74.7 cm³/mol. The van der Waals surface area contributed by atoms with Crippen molar-refractivity contribution in [2.45, 2.75) is 25.3 Å². The SMILES string of the molecule is CCCNc1ncnc(SCC(=O)OCC)c1OC. The molecule has 0 aromatic carbocycles. The second kappa shape index (κ2) is 8.58. The molecule has 0 spiro atoms. The zero-order valence-corrected chi connectivity index (χ0v) is 12.2. The normalized spacial score (nSPS) is 10.1. The maximum absolute atomic E-state index is 11.3. The molecule has 0 atom stereocenters. The quantitative estimate of drug-likeness (QED) is 0.444. The zero-order chi connectivity index (χ0) is 14.1. The van der Waals surface area contributed by atoms with Crippen LogP contribution in [0.25, 0.3) is 0 Å². The van der Waals surface area contributed by atoms with Gasteiger partial charge in [0, 0.05) is 6.54 Å². The van der Waals surface area contributed by atoms with E-state index in [1.807, 2.05) is 0 Å². The van der Waals surface area contributed by atoms with E-state index in [1.54, 1.807) is 14.0 Å². The smallest absolute Gasteiger partial charge is 0.316 e. The van der Waals surface area contributed by atoms with Crippen LogP contribution >= 0.6 is 11.8 Å². The van der Waals surface area contributed by atoms with Crippen LogP contribution in [0.3, 0.4) is 0 Å². The van der Waals surface area contributed by atoms with Crippen LogP contribution in [0.15, 0.2) is 11.4 Å². The van der Waals surface area contributed by atoms with Crippen molar-refractivity contribution in [3.8, 4) is 5.75 Å². The summed E-state index contributed by atoms with van der Waals surface area (Å²) in [5.41, 5.74) is 0. The van der Waals surface area contributed by atoms with Gasteiger partial charge in [-0.2, -0.15) is 0 Å². The molecule has 0 unspecified atom stereocenters. The monoisotopic (exact) mass is 285 g/mol. The fourth-order valence-corrected chi connectivity index (χ4v) is 2.11. The standard InChI is InChI=1S/C12H19N3O3S/c1-4-6-13-11-10(17-3)12(15-8-14-11)19-7-9(16)18-5-2/h8H,4-7H2,1-3H3,(H,13,14,15). The van der Waals surface area contributed by atoms with E-state index >= 15 is 0 Å². The lowest BCUT2D eigenvalue weighted by Crippen LogP contribution is -2.08. The average Bonchev–Trinajstić information content (AvgIpc) is 2.43. The van der Waals surface area contributed by atoms with E-state index in [9.17, 15) is 4.79 Å². The van der Waals surface area contributed by atoms with Crippen LogP contribution in [-0.4, -0.2) is 42.0 Å². The molecule has 1 heterocycles. The molecule has 0 amide bonds. The summed E-state index contributed by atoms with van der Waals surface area (Å²) in [4.78, 5) is 19.6. The molecule has 0 bridgehead atoms. The highest BCUT2D eigenvalue weighted by molar-refractivity contribution is 8.00. The van der Waals surface area contributed by atoms with Crippen molar-refractivity contribution in [2.24, 2.45) is 0 Å². The number of ether oxygens (including phenoxy) is 2. The molecular formula is C12H19N3O3S. The van der Waals surface area contributed by atoms with Gasteiger partial charge in [-0.15, -0.1) is 0 Å². The molecule has 1 rings (SSSR count). The van der Waals surface area contributed by atoms with E-state index in [0.717, 1.165) is 13.0 Å². The molecule has 1 N–H and O–H groups in total. The van der Waals surface area contributed by atoms with Crippen molar-refractivity contribution in [3.63, 3.8) is 0 Å². The third kappa shape index (κ3) is 4.94. The summed E-state index contributed by atoms with van der Waals surface area (Å²) in [6.45, 7) is 5.02. The van der Waals surface area contributed by atoms with E-state index in [2.05, 4.69) is 22.2 Å². The second-order valence-corrected chi connectivity index (χ2v) is 4.55. The number of hydrogen-bond acceptors (Lipinski definition) is 7. The number of esters is 1. The van der Waals surface area contributed by atoms with Gasteiger partial charge in [0.1, 0.15) is 11.4 Å². The minimum atomic E-state index is -0.267. The predicted octanol–water partition coefficient (Wildman–Crippen LogP) is 1.96. The summed E-state index contributed by atoms with van der Waals surface area (Å²) in [6, 6.07) is 0. The van der Waals surface area contributed by atoms with Crippen molar-refractivity contribution in [3.05, 3.63) is 6.33 Å². The fourth-order valence-electron chi connectivity index (χ4n) is 1.34. The number of nitrogens with zero attached hydrogens (tertiary/aromatic N) is 2. The molecule has 0 aliphatic rings. The number of hydrogen-bond donors (Lipinski definition) is 1. The Morgan fingerprint density at radius 3 is 2.84 bits per heavy atom. The van der Waals surface area contributed by atoms with Gasteiger partial charge in [0.25, 0.3) is 0 Å². The number of thioether (sulfide) groups is 1. The van der Waals surface area contributed by atoms with Gasteiger partial charge in [-0.3, -0.25) is 4.79 Å². The second-order valence-electron chi connectivity index (χ2n) is 3.58. The highest BCUT2D eigenvalue weighted by Crippen LogP contribution is 2.32. The van der Waals surface area contributed by atoms with Gasteiger partial charge in [-0.1, -0.05) is 18.7 Å². The number of nitrogens with one attached hydrogen (secondary N) is 1. The Bertz CT molecular complexity index is 415. The van der Waals surface area contributed by atoms with E-state index in [0.29, 0.717) is 23.2 Å². The largest absolute Gasteiger partial charge is 0.490 e. The van der Waals surface area contributed by atoms with Crippen LogP contribution < -0.4 is 10.1 Å². The first-order valence-electron chi connectivity index (χ1n) is 6.14. The zero-order valence-electron chi connectivity index (χ0n) is 11.4. The first-order valence-corrected chi connectivity index (χ1v) is 7.12. The molecule has 0 radical (unpaired) electrons. The van der Waals surface area contributed by atoms with Gasteiger partial charge >= 0.3 is 5.97 Å². The van der Waals surface area contributed by atoms with Crippen molar-refractivity contribution in [2.75, 3.05) is 31.3 Å². The van der Waals surface area contributed by atoms with Crippen LogP contribution in [0, 0.1) is 0 Å². The van der Waals surface area contributed by atoms with E-state index < -0.39 is 0 Å². The molecule has 1 aromatic rings. The van der Waals surface area contributed by atoms with Crippen LogP contribution in [0.1, 0.15) is 20.3 Å². The lowest BCUT2D eigenvalue weighted by molar-refractivity contribution is -0.139. The van der Waals surface area contributed by atoms with E-state index in [4.69, 9.17) is 9.47 Å². The topological polar surface area (TPSA) is 73.3 Å². The Morgan fingerprint density at radius 1 is 1.42 bits per heavy atom.